The van der Waals surface area contributed by atoms with E-state index in [1.807, 2.05) is 27.7 Å². The Bertz CT molecular complexity index is 1070. The molecule has 0 amide bonds. The third-order valence-electron chi connectivity index (χ3n) is 4.57. The van der Waals surface area contributed by atoms with E-state index in [4.69, 9.17) is 4.74 Å². The van der Waals surface area contributed by atoms with Crippen LogP contribution in [0, 0.1) is 17.6 Å². The van der Waals surface area contributed by atoms with Crippen LogP contribution in [-0.2, 0) is 11.0 Å². The molecule has 0 radical (unpaired) electrons. The minimum absolute atomic E-state index is 0.178. The normalized spacial score (nSPS) is 13.6. The zero-order valence-electron chi connectivity index (χ0n) is 19.6. The maximum Gasteiger partial charge on any atom is 0.223 e. The van der Waals surface area contributed by atoms with Gasteiger partial charge in [0.15, 0.2) is 17.6 Å². The van der Waals surface area contributed by atoms with E-state index >= 15 is 0 Å². The van der Waals surface area contributed by atoms with Gasteiger partial charge in [-0.05, 0) is 42.9 Å². The van der Waals surface area contributed by atoms with Crippen molar-refractivity contribution in [2.75, 3.05) is 22.6 Å². The molecule has 2 unspecified atom stereocenters. The first kappa shape index (κ1) is 27.7. The summed E-state index contributed by atoms with van der Waals surface area (Å²) < 4.78 is 61.3. The Morgan fingerprint density at radius 1 is 1.26 bits per heavy atom. The van der Waals surface area contributed by atoms with Crippen molar-refractivity contribution in [1.82, 2.24) is 9.97 Å². The molecular formula is C23H29F3N4O2S2. The van der Waals surface area contributed by atoms with Gasteiger partial charge in [0.1, 0.15) is 16.7 Å². The molecule has 1 aromatic heterocycles. The molecule has 0 saturated carbocycles. The average molecular weight is 515 g/mol. The standard InChI is InChI=1S/C23H29F3N4O2S2/c1-6-11-27-23-28-12-10-17(29-23)22(33-14(3)4)21(15(5)7-2)32-18-9-8-16(19(25)20(18)26)30-34(31)13-24/h8-10,12,15,30H,3,6-7,11,13H2,1-2,4-5H3,(H,27,28,29)/b22-21+. The summed E-state index contributed by atoms with van der Waals surface area (Å²) in [5, 5.41) is 3.13. The lowest BCUT2D eigenvalue weighted by molar-refractivity contribution is 0.333. The van der Waals surface area contributed by atoms with E-state index in [0.717, 1.165) is 17.4 Å². The summed E-state index contributed by atoms with van der Waals surface area (Å²) in [5.74, 6) is -2.30. The molecule has 2 rings (SSSR count). The highest BCUT2D eigenvalue weighted by atomic mass is 32.2. The van der Waals surface area contributed by atoms with Crippen LogP contribution in [0.3, 0.4) is 0 Å². The number of thioether (sulfide) groups is 1. The van der Waals surface area contributed by atoms with E-state index < -0.39 is 34.3 Å². The molecule has 0 aliphatic heterocycles. The van der Waals surface area contributed by atoms with E-state index in [2.05, 4.69) is 26.6 Å². The van der Waals surface area contributed by atoms with Gasteiger partial charge in [0, 0.05) is 18.7 Å². The van der Waals surface area contributed by atoms with Gasteiger partial charge >= 0.3 is 0 Å². The number of rotatable bonds is 13. The zero-order valence-corrected chi connectivity index (χ0v) is 21.2. The number of nitrogens with one attached hydrogen (secondary N) is 2. The second-order valence-electron chi connectivity index (χ2n) is 7.40. The average Bonchev–Trinajstić information content (AvgIpc) is 2.83. The summed E-state index contributed by atoms with van der Waals surface area (Å²) in [6.45, 7) is 12.4. The predicted octanol–water partition coefficient (Wildman–Crippen LogP) is 6.64. The zero-order chi connectivity index (χ0) is 25.3. The van der Waals surface area contributed by atoms with Gasteiger partial charge in [-0.25, -0.2) is 23.0 Å². The lowest BCUT2D eigenvalue weighted by Crippen LogP contribution is -2.12. The van der Waals surface area contributed by atoms with Crippen molar-refractivity contribution < 1.29 is 22.1 Å². The molecule has 0 saturated heterocycles. The van der Waals surface area contributed by atoms with Gasteiger partial charge in [0.05, 0.1) is 16.3 Å². The van der Waals surface area contributed by atoms with Gasteiger partial charge in [-0.15, -0.1) is 0 Å². The number of anilines is 2. The highest BCUT2D eigenvalue weighted by molar-refractivity contribution is 8.11. The first-order valence-corrected chi connectivity index (χ1v) is 12.9. The Kier molecular flexibility index (Phi) is 10.9. The van der Waals surface area contributed by atoms with Crippen molar-refractivity contribution in [3.8, 4) is 5.75 Å². The summed E-state index contributed by atoms with van der Waals surface area (Å²) in [6.07, 6.45) is 3.16. The van der Waals surface area contributed by atoms with Crippen LogP contribution >= 0.6 is 11.8 Å². The van der Waals surface area contributed by atoms with E-state index in [1.54, 1.807) is 12.3 Å². The van der Waals surface area contributed by atoms with Crippen LogP contribution < -0.4 is 14.8 Å². The molecule has 1 heterocycles. The minimum Gasteiger partial charge on any atom is -0.457 e. The quantitative estimate of drug-likeness (QED) is 0.292. The van der Waals surface area contributed by atoms with E-state index in [1.165, 1.54) is 17.8 Å². The summed E-state index contributed by atoms with van der Waals surface area (Å²) in [6, 6.07) is 2.83. The highest BCUT2D eigenvalue weighted by Gasteiger charge is 2.23. The third-order valence-corrected chi connectivity index (χ3v) is 6.18. The van der Waals surface area contributed by atoms with Crippen molar-refractivity contribution in [1.29, 1.82) is 0 Å². The van der Waals surface area contributed by atoms with E-state index in [0.29, 0.717) is 35.3 Å². The molecule has 0 aliphatic carbocycles. The Labute approximate surface area is 205 Å². The van der Waals surface area contributed by atoms with Crippen LogP contribution in [0.5, 0.6) is 5.75 Å². The summed E-state index contributed by atoms with van der Waals surface area (Å²) in [5.41, 5.74) is 0.128. The lowest BCUT2D eigenvalue weighted by Gasteiger charge is -2.21. The molecule has 0 aliphatic rings. The number of hydrogen-bond acceptors (Lipinski definition) is 6. The van der Waals surface area contributed by atoms with Crippen LogP contribution in [0.15, 0.2) is 41.6 Å². The number of benzene rings is 1. The van der Waals surface area contributed by atoms with E-state index in [-0.39, 0.29) is 11.7 Å². The van der Waals surface area contributed by atoms with Crippen molar-refractivity contribution in [3.63, 3.8) is 0 Å². The van der Waals surface area contributed by atoms with Gasteiger partial charge < -0.3 is 10.1 Å². The molecular weight excluding hydrogens is 485 g/mol. The molecule has 0 spiro atoms. The molecule has 186 valence electrons. The fourth-order valence-electron chi connectivity index (χ4n) is 2.72. The van der Waals surface area contributed by atoms with Crippen LogP contribution in [0.1, 0.15) is 46.2 Å². The molecule has 2 atom stereocenters. The second kappa shape index (κ2) is 13.4. The molecule has 0 fully saturated rings. The Hall–Kier alpha value is -2.53. The summed E-state index contributed by atoms with van der Waals surface area (Å²) >= 11 is 1.31. The minimum atomic E-state index is -2.17. The molecule has 6 nitrogen and oxygen atoms in total. The summed E-state index contributed by atoms with van der Waals surface area (Å²) in [7, 11) is -2.17. The Morgan fingerprint density at radius 2 is 2.00 bits per heavy atom. The molecule has 34 heavy (non-hydrogen) atoms. The maximum absolute atomic E-state index is 14.9. The summed E-state index contributed by atoms with van der Waals surface area (Å²) in [4.78, 5) is 10.1. The number of alkyl halides is 1. The van der Waals surface area contributed by atoms with Gasteiger partial charge in [0.25, 0.3) is 0 Å². The Morgan fingerprint density at radius 3 is 2.62 bits per heavy atom. The van der Waals surface area contributed by atoms with Gasteiger partial charge in [-0.2, -0.15) is 4.39 Å². The fourth-order valence-corrected chi connectivity index (χ4v) is 4.09. The number of hydrogen-bond donors (Lipinski definition) is 2. The molecule has 11 heteroatoms. The largest absolute Gasteiger partial charge is 0.457 e. The first-order valence-electron chi connectivity index (χ1n) is 10.7. The second-order valence-corrected chi connectivity index (χ2v) is 9.82. The number of nitrogens with zero attached hydrogens (tertiary/aromatic N) is 2. The molecule has 1 aromatic carbocycles. The smallest absolute Gasteiger partial charge is 0.223 e. The number of aromatic nitrogens is 2. The first-order chi connectivity index (χ1) is 16.2. The van der Waals surface area contributed by atoms with Crippen LogP contribution in [-0.4, -0.2) is 26.7 Å². The van der Waals surface area contributed by atoms with Crippen molar-refractivity contribution >= 4 is 39.3 Å². The third kappa shape index (κ3) is 7.49. The SMILES string of the molecule is C=C(C)S/C(=C(/Oc1ccc(NS(=O)CF)c(F)c1F)C(C)CC)c1ccnc(NCCC)n1. The molecule has 2 N–H and O–H groups in total. The van der Waals surface area contributed by atoms with Gasteiger partial charge in [0.2, 0.25) is 11.8 Å². The number of allylic oxidation sites excluding steroid dienone is 2. The topological polar surface area (TPSA) is 76.1 Å². The highest BCUT2D eigenvalue weighted by Crippen LogP contribution is 2.40. The van der Waals surface area contributed by atoms with Gasteiger partial charge in [-0.3, -0.25) is 4.72 Å². The monoisotopic (exact) mass is 514 g/mol. The van der Waals surface area contributed by atoms with Crippen molar-refractivity contribution in [3.05, 3.63) is 59.0 Å². The van der Waals surface area contributed by atoms with Crippen molar-refractivity contribution in [2.24, 2.45) is 5.92 Å². The fraction of sp³-hybridized carbons (Fsp3) is 0.391. The van der Waals surface area contributed by atoms with E-state index in [9.17, 15) is 17.4 Å². The van der Waals surface area contributed by atoms with Crippen LogP contribution in [0.4, 0.5) is 24.8 Å². The van der Waals surface area contributed by atoms with Crippen LogP contribution in [0.2, 0.25) is 0 Å². The number of ether oxygens (including phenoxy) is 1. The van der Waals surface area contributed by atoms with Crippen molar-refractivity contribution in [2.45, 2.75) is 40.5 Å². The lowest BCUT2D eigenvalue weighted by atomic mass is 10.1. The van der Waals surface area contributed by atoms with Gasteiger partial charge in [-0.1, -0.05) is 39.1 Å². The molecule has 0 bridgehead atoms. The predicted molar refractivity (Wildman–Crippen MR) is 134 cm³/mol. The molecule has 2 aromatic rings. The Balaban J connectivity index is 2.58. The van der Waals surface area contributed by atoms with Crippen LogP contribution in [0.25, 0.3) is 4.91 Å². The number of halogens is 3. The maximum atomic E-state index is 14.9.